The predicted octanol–water partition coefficient (Wildman–Crippen LogP) is 3.51. The maximum absolute atomic E-state index is 12.4. The summed E-state index contributed by atoms with van der Waals surface area (Å²) < 4.78 is 37.8. The first-order valence-electron chi connectivity index (χ1n) is 5.32. The van der Waals surface area contributed by atoms with E-state index >= 15 is 0 Å². The van der Waals surface area contributed by atoms with Crippen molar-refractivity contribution in [2.24, 2.45) is 0 Å². The Morgan fingerprint density at radius 3 is 2.35 bits per heavy atom. The molecule has 8 heteroatoms. The number of nitrogens with one attached hydrogen (secondary N) is 1. The van der Waals surface area contributed by atoms with Gasteiger partial charge in [0.15, 0.2) is 0 Å². The van der Waals surface area contributed by atoms with Crippen molar-refractivity contribution >= 4 is 27.7 Å². The molecule has 0 spiro atoms. The highest BCUT2D eigenvalue weighted by molar-refractivity contribution is 9.10. The first-order chi connectivity index (χ1) is 9.36. The van der Waals surface area contributed by atoms with Crippen molar-refractivity contribution in [1.29, 1.82) is 0 Å². The van der Waals surface area contributed by atoms with Gasteiger partial charge in [0.1, 0.15) is 11.5 Å². The van der Waals surface area contributed by atoms with E-state index in [1.807, 2.05) is 0 Å². The molecule has 2 aromatic heterocycles. The highest BCUT2D eigenvalue weighted by Gasteiger charge is 2.30. The molecule has 2 aromatic rings. The number of carbonyl (C=O) groups excluding carboxylic acids is 1. The first kappa shape index (κ1) is 14.4. The Hall–Kier alpha value is -1.96. The summed E-state index contributed by atoms with van der Waals surface area (Å²) in [6.45, 7) is 0. The Morgan fingerprint density at radius 2 is 1.85 bits per heavy atom. The standard InChI is InChI=1S/C12H7BrF3N3O/c13-8-2-4-10(18-6-8)19-11(20)9-3-1-7(5-17-9)12(14,15)16/h1-6H,(H,18,19,20). The zero-order valence-corrected chi connectivity index (χ0v) is 11.4. The van der Waals surface area contributed by atoms with Crippen molar-refractivity contribution < 1.29 is 18.0 Å². The summed E-state index contributed by atoms with van der Waals surface area (Å²) in [5.74, 6) is -0.353. The van der Waals surface area contributed by atoms with Crippen LogP contribution in [-0.4, -0.2) is 15.9 Å². The fourth-order valence-electron chi connectivity index (χ4n) is 1.33. The van der Waals surface area contributed by atoms with Gasteiger partial charge in [0.2, 0.25) is 0 Å². The average molecular weight is 346 g/mol. The number of alkyl halides is 3. The third kappa shape index (κ3) is 3.53. The Bertz CT molecular complexity index is 611. The van der Waals surface area contributed by atoms with Gasteiger partial charge < -0.3 is 5.32 Å². The maximum atomic E-state index is 12.4. The van der Waals surface area contributed by atoms with Gasteiger partial charge in [0.25, 0.3) is 5.91 Å². The molecule has 20 heavy (non-hydrogen) atoms. The van der Waals surface area contributed by atoms with Crippen LogP contribution in [0.25, 0.3) is 0 Å². The number of halogens is 4. The van der Waals surface area contributed by atoms with Crippen molar-refractivity contribution in [3.05, 3.63) is 52.4 Å². The minimum atomic E-state index is -4.48. The lowest BCUT2D eigenvalue weighted by Gasteiger charge is -2.07. The summed E-state index contributed by atoms with van der Waals surface area (Å²) in [6.07, 6.45) is -2.38. The lowest BCUT2D eigenvalue weighted by Crippen LogP contribution is -2.15. The van der Waals surface area contributed by atoms with Gasteiger partial charge in [-0.05, 0) is 40.2 Å². The third-order valence-electron chi connectivity index (χ3n) is 2.29. The van der Waals surface area contributed by atoms with Gasteiger partial charge in [-0.1, -0.05) is 0 Å². The van der Waals surface area contributed by atoms with Gasteiger partial charge in [0, 0.05) is 16.9 Å². The van der Waals surface area contributed by atoms with Crippen LogP contribution in [0.1, 0.15) is 16.1 Å². The highest BCUT2D eigenvalue weighted by atomic mass is 79.9. The molecule has 0 aliphatic rings. The average Bonchev–Trinajstić information content (AvgIpc) is 2.40. The quantitative estimate of drug-likeness (QED) is 0.906. The van der Waals surface area contributed by atoms with E-state index in [0.29, 0.717) is 6.20 Å². The fourth-order valence-corrected chi connectivity index (χ4v) is 1.56. The van der Waals surface area contributed by atoms with Crippen molar-refractivity contribution in [2.45, 2.75) is 6.18 Å². The lowest BCUT2D eigenvalue weighted by molar-refractivity contribution is -0.137. The molecule has 0 saturated heterocycles. The molecule has 104 valence electrons. The molecule has 2 heterocycles. The van der Waals surface area contributed by atoms with E-state index in [-0.39, 0.29) is 11.5 Å². The number of carbonyl (C=O) groups is 1. The molecule has 0 unspecified atom stereocenters. The molecule has 0 atom stereocenters. The minimum Gasteiger partial charge on any atom is -0.305 e. The van der Waals surface area contributed by atoms with E-state index in [0.717, 1.165) is 16.6 Å². The number of amides is 1. The molecule has 0 aliphatic carbocycles. The second-order valence-electron chi connectivity index (χ2n) is 3.75. The smallest absolute Gasteiger partial charge is 0.305 e. The van der Waals surface area contributed by atoms with Crippen molar-refractivity contribution in [3.8, 4) is 0 Å². The summed E-state index contributed by atoms with van der Waals surface area (Å²) in [4.78, 5) is 19.2. The molecule has 0 radical (unpaired) electrons. The largest absolute Gasteiger partial charge is 0.417 e. The molecule has 0 aliphatic heterocycles. The summed E-state index contributed by atoms with van der Waals surface area (Å²) in [6, 6.07) is 5.03. The molecule has 0 bridgehead atoms. The van der Waals surface area contributed by atoms with Gasteiger partial charge >= 0.3 is 6.18 Å². The SMILES string of the molecule is O=C(Nc1ccc(Br)cn1)c1ccc(C(F)(F)F)cn1. The Balaban J connectivity index is 2.11. The summed E-state index contributed by atoms with van der Waals surface area (Å²) in [5.41, 5.74) is -1.03. The van der Waals surface area contributed by atoms with Gasteiger partial charge in [-0.15, -0.1) is 0 Å². The number of pyridine rings is 2. The van der Waals surface area contributed by atoms with E-state index < -0.39 is 17.6 Å². The Kier molecular flexibility index (Phi) is 4.03. The lowest BCUT2D eigenvalue weighted by atomic mass is 10.2. The van der Waals surface area contributed by atoms with E-state index in [9.17, 15) is 18.0 Å². The van der Waals surface area contributed by atoms with Gasteiger partial charge in [0.05, 0.1) is 5.56 Å². The van der Waals surface area contributed by atoms with Crippen LogP contribution in [0.5, 0.6) is 0 Å². The number of aromatic nitrogens is 2. The molecule has 1 N–H and O–H groups in total. The zero-order valence-electron chi connectivity index (χ0n) is 9.78. The van der Waals surface area contributed by atoms with Crippen LogP contribution in [-0.2, 0) is 6.18 Å². The molecule has 2 rings (SSSR count). The van der Waals surface area contributed by atoms with E-state index in [1.165, 1.54) is 6.20 Å². The molecule has 0 saturated carbocycles. The predicted molar refractivity (Wildman–Crippen MR) is 69.1 cm³/mol. The van der Waals surface area contributed by atoms with E-state index in [4.69, 9.17) is 0 Å². The topological polar surface area (TPSA) is 54.9 Å². The van der Waals surface area contributed by atoms with Crippen LogP contribution >= 0.6 is 15.9 Å². The molecular formula is C12H7BrF3N3O. The second kappa shape index (κ2) is 5.58. The molecule has 1 amide bonds. The normalized spacial score (nSPS) is 11.2. The summed E-state index contributed by atoms with van der Waals surface area (Å²) >= 11 is 3.19. The Labute approximate surface area is 120 Å². The van der Waals surface area contributed by atoms with Crippen molar-refractivity contribution in [3.63, 3.8) is 0 Å². The van der Waals surface area contributed by atoms with E-state index in [1.54, 1.807) is 12.1 Å². The monoisotopic (exact) mass is 345 g/mol. The second-order valence-corrected chi connectivity index (χ2v) is 4.66. The minimum absolute atomic E-state index is 0.122. The highest BCUT2D eigenvalue weighted by Crippen LogP contribution is 2.28. The van der Waals surface area contributed by atoms with Gasteiger partial charge in [-0.2, -0.15) is 13.2 Å². The number of nitrogens with zero attached hydrogens (tertiary/aromatic N) is 2. The summed E-state index contributed by atoms with van der Waals surface area (Å²) in [7, 11) is 0. The van der Waals surface area contributed by atoms with Crippen LogP contribution in [0.15, 0.2) is 41.1 Å². The third-order valence-corrected chi connectivity index (χ3v) is 2.76. The first-order valence-corrected chi connectivity index (χ1v) is 6.12. The molecular weight excluding hydrogens is 339 g/mol. The van der Waals surface area contributed by atoms with Gasteiger partial charge in [-0.25, -0.2) is 4.98 Å². The zero-order chi connectivity index (χ0) is 14.8. The number of hydrogen-bond donors (Lipinski definition) is 1. The van der Waals surface area contributed by atoms with E-state index in [2.05, 4.69) is 31.2 Å². The summed E-state index contributed by atoms with van der Waals surface area (Å²) in [5, 5.41) is 2.43. The van der Waals surface area contributed by atoms with Crippen LogP contribution in [0.4, 0.5) is 19.0 Å². The number of hydrogen-bond acceptors (Lipinski definition) is 3. The van der Waals surface area contributed by atoms with Crippen LogP contribution in [0.3, 0.4) is 0 Å². The number of rotatable bonds is 2. The molecule has 0 aromatic carbocycles. The van der Waals surface area contributed by atoms with Crippen LogP contribution in [0, 0.1) is 0 Å². The van der Waals surface area contributed by atoms with Crippen LogP contribution in [0.2, 0.25) is 0 Å². The molecule has 4 nitrogen and oxygen atoms in total. The van der Waals surface area contributed by atoms with Crippen LogP contribution < -0.4 is 5.32 Å². The maximum Gasteiger partial charge on any atom is 0.417 e. The Morgan fingerprint density at radius 1 is 1.10 bits per heavy atom. The number of anilines is 1. The van der Waals surface area contributed by atoms with Crippen molar-refractivity contribution in [1.82, 2.24) is 9.97 Å². The fraction of sp³-hybridized carbons (Fsp3) is 0.0833. The molecule has 0 fully saturated rings. The van der Waals surface area contributed by atoms with Crippen molar-refractivity contribution in [2.75, 3.05) is 5.32 Å². The van der Waals surface area contributed by atoms with Gasteiger partial charge in [-0.3, -0.25) is 9.78 Å².